The molecule has 4 heteroatoms. The van der Waals surface area contributed by atoms with Crippen LogP contribution in [-0.4, -0.2) is 24.9 Å². The van der Waals surface area contributed by atoms with Crippen molar-refractivity contribution in [3.05, 3.63) is 24.8 Å². The summed E-state index contributed by atoms with van der Waals surface area (Å²) in [5.74, 6) is -0.171. The minimum absolute atomic E-state index is 0.0625. The summed E-state index contributed by atoms with van der Waals surface area (Å²) >= 11 is 0. The fourth-order valence-electron chi connectivity index (χ4n) is 0.558. The maximum Gasteiger partial charge on any atom is 0.246 e. The van der Waals surface area contributed by atoms with Crippen LogP contribution >= 0.6 is 0 Å². The Morgan fingerprint density at radius 2 is 1.67 bits per heavy atom. The molecule has 0 atom stereocenters. The molecular formula is C11H20N2O2. The monoisotopic (exact) mass is 212 g/mol. The predicted molar refractivity (Wildman–Crippen MR) is 62.4 cm³/mol. The zero-order valence-corrected chi connectivity index (χ0v) is 9.72. The van der Waals surface area contributed by atoms with Gasteiger partial charge in [0.2, 0.25) is 11.8 Å². The van der Waals surface area contributed by atoms with Gasteiger partial charge >= 0.3 is 0 Å². The van der Waals surface area contributed by atoms with Crippen LogP contribution in [0.1, 0.15) is 20.8 Å². The second-order valence-corrected chi connectivity index (χ2v) is 2.74. The number of carbonyl (C=O) groups excluding carboxylic acids is 2. The fourth-order valence-corrected chi connectivity index (χ4v) is 0.558. The molecule has 86 valence electrons. The van der Waals surface area contributed by atoms with Crippen molar-refractivity contribution in [2.45, 2.75) is 20.8 Å². The van der Waals surface area contributed by atoms with Crippen molar-refractivity contribution in [1.29, 1.82) is 0 Å². The number of nitrogens with one attached hydrogen (secondary N) is 2. The van der Waals surface area contributed by atoms with E-state index in [1.807, 2.05) is 13.8 Å². The first-order chi connectivity index (χ1) is 6.99. The van der Waals surface area contributed by atoms with Gasteiger partial charge in [-0.1, -0.05) is 13.2 Å². The van der Waals surface area contributed by atoms with E-state index in [2.05, 4.69) is 23.8 Å². The SMILES string of the molecule is C=C(C)C(=O)NCC.C=CC(=O)NCC. The summed E-state index contributed by atoms with van der Waals surface area (Å²) in [6.07, 6.45) is 1.25. The van der Waals surface area contributed by atoms with Crippen LogP contribution in [0.5, 0.6) is 0 Å². The zero-order chi connectivity index (χ0) is 12.3. The molecule has 0 fully saturated rings. The molecule has 0 radical (unpaired) electrons. The summed E-state index contributed by atoms with van der Waals surface area (Å²) in [4.78, 5) is 20.7. The van der Waals surface area contributed by atoms with E-state index in [9.17, 15) is 9.59 Å². The lowest BCUT2D eigenvalue weighted by atomic mass is 10.3. The second kappa shape index (κ2) is 10.5. The van der Waals surface area contributed by atoms with E-state index in [-0.39, 0.29) is 11.8 Å². The van der Waals surface area contributed by atoms with Gasteiger partial charge in [0.05, 0.1) is 0 Å². The maximum absolute atomic E-state index is 10.5. The average molecular weight is 212 g/mol. The van der Waals surface area contributed by atoms with E-state index in [4.69, 9.17) is 0 Å². The van der Waals surface area contributed by atoms with Gasteiger partial charge in [-0.15, -0.1) is 0 Å². The number of rotatable bonds is 4. The van der Waals surface area contributed by atoms with Crippen LogP contribution in [0.2, 0.25) is 0 Å². The largest absolute Gasteiger partial charge is 0.353 e. The second-order valence-electron chi connectivity index (χ2n) is 2.74. The topological polar surface area (TPSA) is 58.2 Å². The number of carbonyl (C=O) groups is 2. The van der Waals surface area contributed by atoms with Crippen molar-refractivity contribution in [2.24, 2.45) is 0 Å². The van der Waals surface area contributed by atoms with Gasteiger partial charge in [-0.2, -0.15) is 0 Å². The molecule has 0 unspecified atom stereocenters. The van der Waals surface area contributed by atoms with Gasteiger partial charge in [-0.05, 0) is 26.8 Å². The molecule has 0 heterocycles. The minimum Gasteiger partial charge on any atom is -0.353 e. The van der Waals surface area contributed by atoms with Crippen molar-refractivity contribution >= 4 is 11.8 Å². The van der Waals surface area contributed by atoms with Gasteiger partial charge in [0.1, 0.15) is 0 Å². The van der Waals surface area contributed by atoms with E-state index in [0.717, 1.165) is 0 Å². The van der Waals surface area contributed by atoms with Gasteiger partial charge in [0.15, 0.2) is 0 Å². The van der Waals surface area contributed by atoms with E-state index in [0.29, 0.717) is 18.7 Å². The van der Waals surface area contributed by atoms with E-state index < -0.39 is 0 Å². The highest BCUT2D eigenvalue weighted by Gasteiger charge is 1.95. The molecule has 2 N–H and O–H groups in total. The Bertz CT molecular complexity index is 235. The molecule has 0 rings (SSSR count). The summed E-state index contributed by atoms with van der Waals surface area (Å²) < 4.78 is 0. The average Bonchev–Trinajstić information content (AvgIpc) is 2.19. The fraction of sp³-hybridized carbons (Fsp3) is 0.455. The van der Waals surface area contributed by atoms with Crippen LogP contribution in [0.3, 0.4) is 0 Å². The first-order valence-corrected chi connectivity index (χ1v) is 4.83. The van der Waals surface area contributed by atoms with Crippen molar-refractivity contribution in [3.63, 3.8) is 0 Å². The zero-order valence-electron chi connectivity index (χ0n) is 9.72. The van der Waals surface area contributed by atoms with Crippen LogP contribution in [-0.2, 0) is 9.59 Å². The summed E-state index contributed by atoms with van der Waals surface area (Å²) in [5.41, 5.74) is 0.562. The predicted octanol–water partition coefficient (Wildman–Crippen LogP) is 1.01. The van der Waals surface area contributed by atoms with Gasteiger partial charge in [-0.3, -0.25) is 9.59 Å². The lowest BCUT2D eigenvalue weighted by molar-refractivity contribution is -0.117. The molecule has 0 bridgehead atoms. The molecule has 0 aromatic rings. The highest BCUT2D eigenvalue weighted by molar-refractivity contribution is 5.91. The molecule has 0 aliphatic heterocycles. The third kappa shape index (κ3) is 12.4. The van der Waals surface area contributed by atoms with Crippen LogP contribution < -0.4 is 10.6 Å². The Morgan fingerprint density at radius 1 is 1.20 bits per heavy atom. The Labute approximate surface area is 91.4 Å². The smallest absolute Gasteiger partial charge is 0.246 e. The molecule has 0 saturated heterocycles. The first-order valence-electron chi connectivity index (χ1n) is 4.83. The third-order valence-electron chi connectivity index (χ3n) is 1.26. The van der Waals surface area contributed by atoms with Crippen LogP contribution in [0.15, 0.2) is 24.8 Å². The molecule has 0 aromatic carbocycles. The summed E-state index contributed by atoms with van der Waals surface area (Å²) in [6.45, 7) is 13.5. The van der Waals surface area contributed by atoms with Crippen LogP contribution in [0, 0.1) is 0 Å². The molecular weight excluding hydrogens is 192 g/mol. The number of likely N-dealkylation sites (N-methyl/N-ethyl adjacent to an activating group) is 2. The van der Waals surface area contributed by atoms with Gasteiger partial charge in [-0.25, -0.2) is 0 Å². The Kier molecular flexibility index (Phi) is 11.1. The third-order valence-corrected chi connectivity index (χ3v) is 1.26. The van der Waals surface area contributed by atoms with Crippen molar-refractivity contribution < 1.29 is 9.59 Å². The molecule has 0 aromatic heterocycles. The van der Waals surface area contributed by atoms with Gasteiger partial charge in [0.25, 0.3) is 0 Å². The molecule has 0 aliphatic carbocycles. The summed E-state index contributed by atoms with van der Waals surface area (Å²) in [7, 11) is 0. The van der Waals surface area contributed by atoms with E-state index in [1.165, 1.54) is 6.08 Å². The quantitative estimate of drug-likeness (QED) is 0.683. The number of hydrogen-bond acceptors (Lipinski definition) is 2. The van der Waals surface area contributed by atoms with E-state index >= 15 is 0 Å². The Balaban J connectivity index is 0. The molecule has 2 amide bonds. The van der Waals surface area contributed by atoms with Crippen molar-refractivity contribution in [3.8, 4) is 0 Å². The molecule has 0 saturated carbocycles. The van der Waals surface area contributed by atoms with Gasteiger partial charge < -0.3 is 10.6 Å². The van der Waals surface area contributed by atoms with Crippen LogP contribution in [0.25, 0.3) is 0 Å². The molecule has 15 heavy (non-hydrogen) atoms. The number of amides is 2. The highest BCUT2D eigenvalue weighted by Crippen LogP contribution is 1.82. The van der Waals surface area contributed by atoms with Crippen molar-refractivity contribution in [2.75, 3.05) is 13.1 Å². The Morgan fingerprint density at radius 3 is 1.80 bits per heavy atom. The highest BCUT2D eigenvalue weighted by atomic mass is 16.2. The minimum atomic E-state index is -0.109. The summed E-state index contributed by atoms with van der Waals surface area (Å²) in [6, 6.07) is 0. The summed E-state index contributed by atoms with van der Waals surface area (Å²) in [5, 5.41) is 5.14. The van der Waals surface area contributed by atoms with Crippen molar-refractivity contribution in [1.82, 2.24) is 10.6 Å². The van der Waals surface area contributed by atoms with Gasteiger partial charge in [0, 0.05) is 18.7 Å². The van der Waals surface area contributed by atoms with E-state index in [1.54, 1.807) is 6.92 Å². The Hall–Kier alpha value is -1.58. The molecule has 0 spiro atoms. The lowest BCUT2D eigenvalue weighted by Gasteiger charge is -1.97. The molecule has 0 aliphatic rings. The maximum atomic E-state index is 10.5. The molecule has 4 nitrogen and oxygen atoms in total. The normalized spacial score (nSPS) is 7.93. The number of hydrogen-bond donors (Lipinski definition) is 2. The van der Waals surface area contributed by atoms with Crippen LogP contribution in [0.4, 0.5) is 0 Å². The first kappa shape index (κ1) is 15.9. The standard InChI is InChI=1S/C6H11NO.C5H9NO/c1-4-7-6(8)5(2)3;1-3-5(7)6-4-2/h2,4H2,1,3H3,(H,7,8);3H,1,4H2,2H3,(H,6,7). The lowest BCUT2D eigenvalue weighted by Crippen LogP contribution is -2.22.